The molecule has 0 saturated carbocycles. The third-order valence-corrected chi connectivity index (χ3v) is 3.10. The zero-order valence-electron chi connectivity index (χ0n) is 11.7. The van der Waals surface area contributed by atoms with Crippen LogP contribution in [0.3, 0.4) is 0 Å². The Balaban J connectivity index is 2.76. The van der Waals surface area contributed by atoms with Crippen LogP contribution in [-0.2, 0) is 9.53 Å². The highest BCUT2D eigenvalue weighted by molar-refractivity contribution is 6.32. The van der Waals surface area contributed by atoms with Crippen LogP contribution >= 0.6 is 11.6 Å². The molecule has 0 heterocycles. The van der Waals surface area contributed by atoms with Crippen molar-refractivity contribution in [1.29, 1.82) is 0 Å². The van der Waals surface area contributed by atoms with Crippen molar-refractivity contribution < 1.29 is 14.3 Å². The summed E-state index contributed by atoms with van der Waals surface area (Å²) in [6.45, 7) is 5.58. The number of carbonyl (C=O) groups is 1. The Kier molecular flexibility index (Phi) is 5.20. The van der Waals surface area contributed by atoms with Crippen molar-refractivity contribution in [2.45, 2.75) is 26.8 Å². The number of benzene rings is 1. The normalized spacial score (nSPS) is 12.9. The lowest BCUT2D eigenvalue weighted by molar-refractivity contribution is -0.152. The summed E-state index contributed by atoms with van der Waals surface area (Å²) in [5.74, 6) is 0.207. The first-order chi connectivity index (χ1) is 8.77. The van der Waals surface area contributed by atoms with Crippen LogP contribution in [-0.4, -0.2) is 19.7 Å². The molecule has 0 aliphatic carbocycles. The number of rotatable bonds is 5. The fourth-order valence-corrected chi connectivity index (χ4v) is 1.75. The zero-order valence-corrected chi connectivity index (χ0v) is 12.5. The SMILES string of the molecule is COC(=O)C(C)(C)COc1ccc(C(C)N)cc1Cl. The Labute approximate surface area is 118 Å². The Morgan fingerprint density at radius 1 is 1.47 bits per heavy atom. The van der Waals surface area contributed by atoms with E-state index >= 15 is 0 Å². The Hall–Kier alpha value is -1.26. The molecule has 2 N–H and O–H groups in total. The summed E-state index contributed by atoms with van der Waals surface area (Å²) < 4.78 is 10.3. The summed E-state index contributed by atoms with van der Waals surface area (Å²) in [6, 6.07) is 5.30. The highest BCUT2D eigenvalue weighted by Gasteiger charge is 2.30. The second-order valence-corrected chi connectivity index (χ2v) is 5.55. The first-order valence-electron chi connectivity index (χ1n) is 6.04. The zero-order chi connectivity index (χ0) is 14.6. The Bertz CT molecular complexity index is 458. The molecule has 0 aromatic heterocycles. The molecule has 0 radical (unpaired) electrons. The summed E-state index contributed by atoms with van der Waals surface area (Å²) in [5.41, 5.74) is 5.98. The fourth-order valence-electron chi connectivity index (χ4n) is 1.51. The summed E-state index contributed by atoms with van der Waals surface area (Å²) in [4.78, 5) is 11.5. The maximum absolute atomic E-state index is 11.5. The molecule has 106 valence electrons. The molecule has 0 saturated heterocycles. The fraction of sp³-hybridized carbons (Fsp3) is 0.500. The summed E-state index contributed by atoms with van der Waals surface area (Å²) in [7, 11) is 1.36. The third-order valence-electron chi connectivity index (χ3n) is 2.81. The molecule has 1 atom stereocenters. The lowest BCUT2D eigenvalue weighted by Crippen LogP contribution is -2.32. The number of ether oxygens (including phenoxy) is 2. The molecule has 0 spiro atoms. The summed E-state index contributed by atoms with van der Waals surface area (Å²) in [6.07, 6.45) is 0. The molecule has 0 amide bonds. The van der Waals surface area contributed by atoms with E-state index in [-0.39, 0.29) is 18.6 Å². The quantitative estimate of drug-likeness (QED) is 0.845. The van der Waals surface area contributed by atoms with E-state index in [1.165, 1.54) is 7.11 Å². The molecule has 1 rings (SSSR count). The van der Waals surface area contributed by atoms with Gasteiger partial charge in [0.2, 0.25) is 0 Å². The predicted molar refractivity (Wildman–Crippen MR) is 75.3 cm³/mol. The minimum absolute atomic E-state index is 0.0851. The van der Waals surface area contributed by atoms with Crippen LogP contribution in [0.15, 0.2) is 18.2 Å². The average molecular weight is 286 g/mol. The standard InChI is InChI=1S/C14H20ClNO3/c1-9(16)10-5-6-12(11(15)7-10)19-8-14(2,3)13(17)18-4/h5-7,9H,8,16H2,1-4H3. The average Bonchev–Trinajstić information content (AvgIpc) is 2.36. The highest BCUT2D eigenvalue weighted by atomic mass is 35.5. The van der Waals surface area contributed by atoms with E-state index in [1.54, 1.807) is 26.0 Å². The van der Waals surface area contributed by atoms with Crippen LogP contribution in [0, 0.1) is 5.41 Å². The van der Waals surface area contributed by atoms with Crippen molar-refractivity contribution in [2.24, 2.45) is 11.1 Å². The first-order valence-corrected chi connectivity index (χ1v) is 6.42. The van der Waals surface area contributed by atoms with Gasteiger partial charge in [0.15, 0.2) is 0 Å². The number of halogens is 1. The van der Waals surface area contributed by atoms with Gasteiger partial charge in [0, 0.05) is 6.04 Å². The van der Waals surface area contributed by atoms with Gasteiger partial charge in [-0.15, -0.1) is 0 Å². The number of hydrogen-bond donors (Lipinski definition) is 1. The molecule has 1 aromatic carbocycles. The molecule has 1 aromatic rings. The lowest BCUT2D eigenvalue weighted by atomic mass is 9.95. The van der Waals surface area contributed by atoms with Gasteiger partial charge in [-0.05, 0) is 38.5 Å². The van der Waals surface area contributed by atoms with E-state index in [0.29, 0.717) is 10.8 Å². The van der Waals surface area contributed by atoms with Crippen molar-refractivity contribution in [2.75, 3.05) is 13.7 Å². The van der Waals surface area contributed by atoms with Crippen LogP contribution in [0.25, 0.3) is 0 Å². The van der Waals surface area contributed by atoms with Gasteiger partial charge in [-0.25, -0.2) is 0 Å². The van der Waals surface area contributed by atoms with Crippen molar-refractivity contribution in [1.82, 2.24) is 0 Å². The van der Waals surface area contributed by atoms with Gasteiger partial charge in [0.1, 0.15) is 12.4 Å². The number of hydrogen-bond acceptors (Lipinski definition) is 4. The molecular weight excluding hydrogens is 266 g/mol. The Morgan fingerprint density at radius 2 is 2.11 bits per heavy atom. The maximum atomic E-state index is 11.5. The number of methoxy groups -OCH3 is 1. The molecule has 0 bridgehead atoms. The van der Waals surface area contributed by atoms with Crippen molar-refractivity contribution >= 4 is 17.6 Å². The van der Waals surface area contributed by atoms with Gasteiger partial charge in [-0.1, -0.05) is 17.7 Å². The largest absolute Gasteiger partial charge is 0.491 e. The monoisotopic (exact) mass is 285 g/mol. The van der Waals surface area contributed by atoms with Gasteiger partial charge in [-0.3, -0.25) is 4.79 Å². The van der Waals surface area contributed by atoms with E-state index in [9.17, 15) is 4.79 Å². The number of nitrogens with two attached hydrogens (primary N) is 1. The minimum atomic E-state index is -0.724. The van der Waals surface area contributed by atoms with Gasteiger partial charge in [-0.2, -0.15) is 0 Å². The van der Waals surface area contributed by atoms with Crippen LogP contribution in [0.5, 0.6) is 5.75 Å². The molecule has 4 nitrogen and oxygen atoms in total. The predicted octanol–water partition coefficient (Wildman–Crippen LogP) is 2.94. The molecular formula is C14H20ClNO3. The summed E-state index contributed by atoms with van der Waals surface area (Å²) in [5, 5.41) is 0.482. The highest BCUT2D eigenvalue weighted by Crippen LogP contribution is 2.29. The Morgan fingerprint density at radius 3 is 2.58 bits per heavy atom. The lowest BCUT2D eigenvalue weighted by Gasteiger charge is -2.22. The first kappa shape index (κ1) is 15.8. The van der Waals surface area contributed by atoms with Crippen molar-refractivity contribution in [3.05, 3.63) is 28.8 Å². The van der Waals surface area contributed by atoms with Crippen LogP contribution in [0.1, 0.15) is 32.4 Å². The molecule has 0 aliphatic heterocycles. The minimum Gasteiger partial charge on any atom is -0.491 e. The number of esters is 1. The molecule has 19 heavy (non-hydrogen) atoms. The third kappa shape index (κ3) is 4.11. The van der Waals surface area contributed by atoms with Crippen molar-refractivity contribution in [3.63, 3.8) is 0 Å². The molecule has 1 unspecified atom stereocenters. The van der Waals surface area contributed by atoms with E-state index < -0.39 is 5.41 Å². The molecule has 0 fully saturated rings. The molecule has 0 aliphatic rings. The van der Waals surface area contributed by atoms with Crippen molar-refractivity contribution in [3.8, 4) is 5.75 Å². The van der Waals surface area contributed by atoms with E-state index in [2.05, 4.69) is 0 Å². The summed E-state index contributed by atoms with van der Waals surface area (Å²) >= 11 is 6.12. The van der Waals surface area contributed by atoms with E-state index in [0.717, 1.165) is 5.56 Å². The van der Waals surface area contributed by atoms with Gasteiger partial charge in [0.05, 0.1) is 17.5 Å². The van der Waals surface area contributed by atoms with Gasteiger partial charge in [0.25, 0.3) is 0 Å². The van der Waals surface area contributed by atoms with E-state index in [4.69, 9.17) is 26.8 Å². The van der Waals surface area contributed by atoms with Crippen LogP contribution in [0.2, 0.25) is 5.02 Å². The van der Waals surface area contributed by atoms with Crippen LogP contribution < -0.4 is 10.5 Å². The second-order valence-electron chi connectivity index (χ2n) is 5.14. The molecule has 5 heteroatoms. The van der Waals surface area contributed by atoms with Gasteiger partial charge >= 0.3 is 5.97 Å². The smallest absolute Gasteiger partial charge is 0.314 e. The van der Waals surface area contributed by atoms with Crippen LogP contribution in [0.4, 0.5) is 0 Å². The second kappa shape index (κ2) is 6.26. The van der Waals surface area contributed by atoms with E-state index in [1.807, 2.05) is 13.0 Å². The maximum Gasteiger partial charge on any atom is 0.314 e. The van der Waals surface area contributed by atoms with Gasteiger partial charge < -0.3 is 15.2 Å². The topological polar surface area (TPSA) is 61.5 Å². The number of carbonyl (C=O) groups excluding carboxylic acids is 1.